The largest absolute Gasteiger partial charge is 0.492 e. The van der Waals surface area contributed by atoms with Gasteiger partial charge >= 0.3 is 10.2 Å². The number of piperidine rings is 1. The molecule has 0 radical (unpaired) electrons. The Balaban J connectivity index is 1.24. The van der Waals surface area contributed by atoms with Crippen molar-refractivity contribution < 1.29 is 13.2 Å². The van der Waals surface area contributed by atoms with Crippen LogP contribution in [0.1, 0.15) is 24.0 Å². The number of likely N-dealkylation sites (tertiary alicyclic amines) is 1. The van der Waals surface area contributed by atoms with Crippen LogP contribution in [0.15, 0.2) is 53.3 Å². The van der Waals surface area contributed by atoms with E-state index in [1.807, 2.05) is 16.8 Å². The fraction of sp³-hybridized carbons (Fsp3) is 0.333. The lowest BCUT2D eigenvalue weighted by Crippen LogP contribution is -2.37. The second-order valence-electron chi connectivity index (χ2n) is 8.01. The smallest absolute Gasteiger partial charge is 0.344 e. The number of amidine groups is 1. The predicted octanol–water partition coefficient (Wildman–Crippen LogP) is 2.00. The molecule has 0 saturated carbocycles. The van der Waals surface area contributed by atoms with Crippen molar-refractivity contribution in [1.82, 2.24) is 14.3 Å². The van der Waals surface area contributed by atoms with Crippen LogP contribution >= 0.6 is 0 Å². The summed E-state index contributed by atoms with van der Waals surface area (Å²) in [6.45, 7) is 3.40. The lowest BCUT2D eigenvalue weighted by atomic mass is 9.98. The molecule has 5 rings (SSSR count). The fourth-order valence-electron chi connectivity index (χ4n) is 4.29. The van der Waals surface area contributed by atoms with Gasteiger partial charge in [-0.05, 0) is 49.2 Å². The van der Waals surface area contributed by atoms with Gasteiger partial charge in [-0.25, -0.2) is 4.98 Å². The van der Waals surface area contributed by atoms with Gasteiger partial charge in [0.1, 0.15) is 11.4 Å². The molecule has 0 amide bonds. The Kier molecular flexibility index (Phi) is 5.03. The molecule has 10 heteroatoms. The van der Waals surface area contributed by atoms with Gasteiger partial charge in [-0.3, -0.25) is 9.62 Å². The van der Waals surface area contributed by atoms with Crippen molar-refractivity contribution >= 4 is 27.4 Å². The van der Waals surface area contributed by atoms with E-state index in [2.05, 4.69) is 31.1 Å². The lowest BCUT2D eigenvalue weighted by molar-refractivity contribution is 0.125. The molecule has 2 aliphatic heterocycles. The van der Waals surface area contributed by atoms with Crippen LogP contribution < -0.4 is 15.2 Å². The number of rotatable bonds is 5. The summed E-state index contributed by atoms with van der Waals surface area (Å²) >= 11 is 0. The van der Waals surface area contributed by atoms with Gasteiger partial charge in [0.25, 0.3) is 0 Å². The van der Waals surface area contributed by atoms with Crippen molar-refractivity contribution in [2.75, 3.05) is 24.4 Å². The minimum atomic E-state index is -3.80. The summed E-state index contributed by atoms with van der Waals surface area (Å²) in [5.41, 5.74) is 9.00. The molecular weight excluding hydrogens is 416 g/mol. The predicted molar refractivity (Wildman–Crippen MR) is 118 cm³/mol. The van der Waals surface area contributed by atoms with Gasteiger partial charge < -0.3 is 14.9 Å². The van der Waals surface area contributed by atoms with Crippen LogP contribution in [0.2, 0.25) is 0 Å². The van der Waals surface area contributed by atoms with Gasteiger partial charge in [0.2, 0.25) is 0 Å². The standard InChI is InChI=1S/C21H24N6O3S/c22-21-20-17(24-31(28,29)25-21)4-1-5-18(20)30-14-16-3-2-8-26(13-16)12-15-6-9-27-10-7-23-19(27)11-15/h1,4-7,9-11,16,24H,2-3,8,12-14H2,(H2,22,25)/t16-/m0/s1. The highest BCUT2D eigenvalue weighted by Gasteiger charge is 2.26. The summed E-state index contributed by atoms with van der Waals surface area (Å²) in [5.74, 6) is 0.866. The number of fused-ring (bicyclic) bond motifs is 2. The zero-order valence-corrected chi connectivity index (χ0v) is 17.8. The van der Waals surface area contributed by atoms with Crippen molar-refractivity contribution in [3.05, 3.63) is 60.0 Å². The number of nitrogens with two attached hydrogens (primary N) is 1. The Bertz CT molecular complexity index is 1250. The number of nitrogens with one attached hydrogen (secondary N) is 1. The molecule has 3 N–H and O–H groups in total. The van der Waals surface area contributed by atoms with Crippen LogP contribution in [0.4, 0.5) is 5.69 Å². The Morgan fingerprint density at radius 2 is 2.16 bits per heavy atom. The highest BCUT2D eigenvalue weighted by Crippen LogP contribution is 2.31. The van der Waals surface area contributed by atoms with E-state index < -0.39 is 10.2 Å². The topological polar surface area (TPSA) is 114 Å². The number of hydrogen-bond donors (Lipinski definition) is 2. The number of anilines is 1. The molecule has 0 aliphatic carbocycles. The zero-order chi connectivity index (χ0) is 21.4. The van der Waals surface area contributed by atoms with Gasteiger partial charge in [-0.15, -0.1) is 4.40 Å². The summed E-state index contributed by atoms with van der Waals surface area (Å²) in [6, 6.07) is 9.45. The van der Waals surface area contributed by atoms with E-state index in [-0.39, 0.29) is 5.84 Å². The SMILES string of the molecule is NC1=NS(=O)(=O)Nc2cccc(OC[C@H]3CCCN(Cc4ccn5ccnc5c4)C3)c21. The zero-order valence-electron chi connectivity index (χ0n) is 16.9. The Morgan fingerprint density at radius 3 is 3.06 bits per heavy atom. The Hall–Kier alpha value is -3.11. The molecule has 31 heavy (non-hydrogen) atoms. The third kappa shape index (κ3) is 4.21. The molecule has 0 bridgehead atoms. The average Bonchev–Trinajstić information content (AvgIpc) is 3.19. The van der Waals surface area contributed by atoms with E-state index in [1.54, 1.807) is 24.4 Å². The van der Waals surface area contributed by atoms with Crippen molar-refractivity contribution in [1.29, 1.82) is 0 Å². The molecule has 0 spiro atoms. The van der Waals surface area contributed by atoms with Crippen LogP contribution in [0.3, 0.4) is 0 Å². The maximum atomic E-state index is 11.8. The van der Waals surface area contributed by atoms with E-state index in [0.29, 0.717) is 29.5 Å². The molecule has 1 atom stereocenters. The quantitative estimate of drug-likeness (QED) is 0.627. The molecule has 162 valence electrons. The minimum Gasteiger partial charge on any atom is -0.492 e. The van der Waals surface area contributed by atoms with E-state index in [4.69, 9.17) is 10.5 Å². The van der Waals surface area contributed by atoms with Gasteiger partial charge in [0.15, 0.2) is 5.84 Å². The molecule has 4 heterocycles. The van der Waals surface area contributed by atoms with E-state index in [9.17, 15) is 8.42 Å². The first-order valence-corrected chi connectivity index (χ1v) is 11.7. The average molecular weight is 441 g/mol. The number of hydrogen-bond acceptors (Lipinski definition) is 6. The number of aromatic nitrogens is 2. The maximum Gasteiger partial charge on any atom is 0.344 e. The van der Waals surface area contributed by atoms with Crippen molar-refractivity contribution in [3.8, 4) is 5.75 Å². The first kappa shape index (κ1) is 19.8. The molecule has 2 aliphatic rings. The molecule has 0 unspecified atom stereocenters. The van der Waals surface area contributed by atoms with Crippen LogP contribution in [0.25, 0.3) is 5.65 Å². The van der Waals surface area contributed by atoms with Gasteiger partial charge in [-0.2, -0.15) is 8.42 Å². The molecule has 1 aromatic carbocycles. The van der Waals surface area contributed by atoms with Crippen molar-refractivity contribution in [3.63, 3.8) is 0 Å². The van der Waals surface area contributed by atoms with E-state index >= 15 is 0 Å². The number of nitrogens with zero attached hydrogens (tertiary/aromatic N) is 4. The molecule has 3 aromatic rings. The normalized spacial score (nSPS) is 20.6. The van der Waals surface area contributed by atoms with Crippen LogP contribution in [-0.2, 0) is 16.8 Å². The van der Waals surface area contributed by atoms with Crippen LogP contribution in [0, 0.1) is 5.92 Å². The molecule has 9 nitrogen and oxygen atoms in total. The molecule has 1 saturated heterocycles. The Morgan fingerprint density at radius 1 is 1.26 bits per heavy atom. The van der Waals surface area contributed by atoms with Gasteiger partial charge in [0.05, 0.1) is 17.9 Å². The number of imidazole rings is 1. The van der Waals surface area contributed by atoms with Crippen molar-refractivity contribution in [2.45, 2.75) is 19.4 Å². The first-order chi connectivity index (χ1) is 15.0. The number of ether oxygens (including phenoxy) is 1. The van der Waals surface area contributed by atoms with E-state index in [1.165, 1.54) is 5.56 Å². The number of benzene rings is 1. The first-order valence-electron chi connectivity index (χ1n) is 10.3. The van der Waals surface area contributed by atoms with E-state index in [0.717, 1.165) is 38.1 Å². The number of pyridine rings is 1. The van der Waals surface area contributed by atoms with Gasteiger partial charge in [-0.1, -0.05) is 6.07 Å². The Labute approximate surface area is 180 Å². The highest BCUT2D eigenvalue weighted by molar-refractivity contribution is 7.91. The van der Waals surface area contributed by atoms with Crippen LogP contribution in [-0.4, -0.2) is 48.2 Å². The fourth-order valence-corrected chi connectivity index (χ4v) is 5.13. The van der Waals surface area contributed by atoms with Crippen LogP contribution in [0.5, 0.6) is 5.75 Å². The maximum absolute atomic E-state index is 11.8. The lowest BCUT2D eigenvalue weighted by Gasteiger charge is -2.33. The summed E-state index contributed by atoms with van der Waals surface area (Å²) in [4.78, 5) is 6.80. The van der Waals surface area contributed by atoms with Crippen molar-refractivity contribution in [2.24, 2.45) is 16.0 Å². The van der Waals surface area contributed by atoms with Gasteiger partial charge in [0, 0.05) is 37.6 Å². The minimum absolute atomic E-state index is 0.0518. The summed E-state index contributed by atoms with van der Waals surface area (Å²) in [6.07, 6.45) is 7.98. The summed E-state index contributed by atoms with van der Waals surface area (Å²) in [5, 5.41) is 0. The second kappa shape index (κ2) is 7.86. The molecular formula is C21H24N6O3S. The highest BCUT2D eigenvalue weighted by atomic mass is 32.2. The third-order valence-corrected chi connectivity index (χ3v) is 6.60. The molecule has 2 aromatic heterocycles. The summed E-state index contributed by atoms with van der Waals surface area (Å²) < 4.78 is 37.6. The second-order valence-corrected chi connectivity index (χ2v) is 9.35. The monoisotopic (exact) mass is 440 g/mol. The summed E-state index contributed by atoms with van der Waals surface area (Å²) in [7, 11) is -3.80. The molecule has 1 fully saturated rings. The third-order valence-electron chi connectivity index (χ3n) is 5.69.